The minimum absolute atomic E-state index is 0.186. The van der Waals surface area contributed by atoms with Crippen LogP contribution in [0.1, 0.15) is 36.8 Å². The highest BCUT2D eigenvalue weighted by Gasteiger charge is 2.33. The van der Waals surface area contributed by atoms with E-state index in [2.05, 4.69) is 26.6 Å². The molecule has 1 aliphatic heterocycles. The van der Waals surface area contributed by atoms with E-state index in [0.717, 1.165) is 43.9 Å². The van der Waals surface area contributed by atoms with Gasteiger partial charge < -0.3 is 9.47 Å². The third-order valence-electron chi connectivity index (χ3n) is 4.92. The number of fused-ring (bicyclic) bond motifs is 1. The van der Waals surface area contributed by atoms with Gasteiger partial charge in [0.2, 0.25) is 5.91 Å². The number of hydrogen-bond donors (Lipinski definition) is 0. The Morgan fingerprint density at radius 3 is 2.62 bits per heavy atom. The molecule has 0 aliphatic carbocycles. The van der Waals surface area contributed by atoms with Gasteiger partial charge in [-0.25, -0.2) is 4.98 Å². The van der Waals surface area contributed by atoms with Gasteiger partial charge in [-0.15, -0.1) is 0 Å². The van der Waals surface area contributed by atoms with Crippen LogP contribution in [0.5, 0.6) is 0 Å². The molecule has 128 valence electrons. The Bertz CT molecular complexity index is 691. The van der Waals surface area contributed by atoms with Crippen molar-refractivity contribution in [3.63, 3.8) is 0 Å². The zero-order valence-electron chi connectivity index (χ0n) is 14.8. The predicted octanol–water partition coefficient (Wildman–Crippen LogP) is 2.39. The highest BCUT2D eigenvalue weighted by Crippen LogP contribution is 2.28. The van der Waals surface area contributed by atoms with Crippen molar-refractivity contribution in [1.29, 1.82) is 0 Å². The van der Waals surface area contributed by atoms with E-state index in [9.17, 15) is 4.79 Å². The lowest BCUT2D eigenvalue weighted by Gasteiger charge is -2.36. The fraction of sp³-hybridized carbons (Fsp3) is 0.474. The molecule has 1 atom stereocenters. The third-order valence-corrected chi connectivity index (χ3v) is 4.92. The molecule has 1 aromatic carbocycles. The molecular formula is C19H26N4O. The van der Waals surface area contributed by atoms with Crippen LogP contribution in [-0.2, 0) is 24.8 Å². The summed E-state index contributed by atoms with van der Waals surface area (Å²) < 4.78 is 2.09. The topological polar surface area (TPSA) is 41.4 Å². The summed E-state index contributed by atoms with van der Waals surface area (Å²) in [7, 11) is 2.04. The van der Waals surface area contributed by atoms with Crippen molar-refractivity contribution in [2.45, 2.75) is 32.9 Å². The Morgan fingerprint density at radius 1 is 1.25 bits per heavy atom. The average molecular weight is 326 g/mol. The number of likely N-dealkylation sites (N-methyl/N-ethyl adjacent to an activating group) is 1. The van der Waals surface area contributed by atoms with Crippen molar-refractivity contribution in [1.82, 2.24) is 19.4 Å². The monoisotopic (exact) mass is 326 g/mol. The number of carbonyl (C=O) groups excluding carboxylic acids is 1. The summed E-state index contributed by atoms with van der Waals surface area (Å²) in [4.78, 5) is 21.9. The van der Waals surface area contributed by atoms with Crippen LogP contribution in [-0.4, -0.2) is 44.9 Å². The summed E-state index contributed by atoms with van der Waals surface area (Å²) in [5.74, 6) is 0.186. The van der Waals surface area contributed by atoms with Gasteiger partial charge in [0.05, 0.1) is 12.0 Å². The Hall–Kier alpha value is -2.14. The molecule has 0 spiro atoms. The van der Waals surface area contributed by atoms with E-state index in [4.69, 9.17) is 0 Å². The fourth-order valence-electron chi connectivity index (χ4n) is 3.55. The molecule has 1 amide bonds. The van der Waals surface area contributed by atoms with Crippen LogP contribution in [0.2, 0.25) is 0 Å². The maximum Gasteiger partial charge on any atom is 0.244 e. The Morgan fingerprint density at radius 2 is 1.96 bits per heavy atom. The highest BCUT2D eigenvalue weighted by molar-refractivity contribution is 5.83. The molecule has 0 bridgehead atoms. The van der Waals surface area contributed by atoms with E-state index >= 15 is 0 Å². The number of nitrogens with zero attached hydrogens (tertiary/aromatic N) is 4. The normalized spacial score (nSPS) is 15.8. The first kappa shape index (κ1) is 16.7. The molecular weight excluding hydrogens is 300 g/mol. The van der Waals surface area contributed by atoms with Crippen molar-refractivity contribution in [2.24, 2.45) is 7.05 Å². The van der Waals surface area contributed by atoms with Crippen molar-refractivity contribution in [3.8, 4) is 0 Å². The fourth-order valence-corrected chi connectivity index (χ4v) is 3.55. The molecule has 2 heterocycles. The Kier molecular flexibility index (Phi) is 5.00. The van der Waals surface area contributed by atoms with Crippen molar-refractivity contribution < 1.29 is 4.79 Å². The zero-order chi connectivity index (χ0) is 17.1. The molecule has 1 aliphatic rings. The second kappa shape index (κ2) is 7.18. The van der Waals surface area contributed by atoms with Crippen molar-refractivity contribution in [2.75, 3.05) is 19.6 Å². The van der Waals surface area contributed by atoms with E-state index in [0.29, 0.717) is 0 Å². The van der Waals surface area contributed by atoms with Crippen molar-refractivity contribution >= 4 is 5.91 Å². The van der Waals surface area contributed by atoms with Crippen LogP contribution in [0.25, 0.3) is 0 Å². The SMILES string of the molecule is CCN(CC)C(=O)C(c1ccccc1)N1CCc2c(ncn2C)C1. The largest absolute Gasteiger partial charge is 0.342 e. The molecule has 2 aromatic rings. The van der Waals surface area contributed by atoms with Gasteiger partial charge in [0, 0.05) is 45.3 Å². The molecule has 0 radical (unpaired) electrons. The first-order valence-electron chi connectivity index (χ1n) is 8.72. The van der Waals surface area contributed by atoms with Crippen LogP contribution >= 0.6 is 0 Å². The molecule has 24 heavy (non-hydrogen) atoms. The number of benzene rings is 1. The molecule has 1 aromatic heterocycles. The Balaban J connectivity index is 1.92. The summed E-state index contributed by atoms with van der Waals surface area (Å²) in [5.41, 5.74) is 3.44. The number of aromatic nitrogens is 2. The minimum atomic E-state index is -0.235. The molecule has 0 fully saturated rings. The van der Waals surface area contributed by atoms with E-state index in [1.807, 2.05) is 50.3 Å². The van der Waals surface area contributed by atoms with Crippen LogP contribution < -0.4 is 0 Å². The molecule has 1 unspecified atom stereocenters. The number of imidazole rings is 1. The summed E-state index contributed by atoms with van der Waals surface area (Å²) in [6.07, 6.45) is 2.80. The quantitative estimate of drug-likeness (QED) is 0.847. The van der Waals surface area contributed by atoms with Gasteiger partial charge in [-0.05, 0) is 19.4 Å². The van der Waals surface area contributed by atoms with Gasteiger partial charge in [0.1, 0.15) is 6.04 Å². The zero-order valence-corrected chi connectivity index (χ0v) is 14.8. The second-order valence-corrected chi connectivity index (χ2v) is 6.29. The van der Waals surface area contributed by atoms with E-state index in [-0.39, 0.29) is 11.9 Å². The minimum Gasteiger partial charge on any atom is -0.342 e. The standard InChI is InChI=1S/C19H26N4O/c1-4-22(5-2)19(24)18(15-9-7-6-8-10-15)23-12-11-17-16(13-23)20-14-21(17)3/h6-10,14,18H,4-5,11-13H2,1-3H3. The summed E-state index contributed by atoms with van der Waals surface area (Å²) >= 11 is 0. The van der Waals surface area contributed by atoms with Crippen LogP contribution in [0.4, 0.5) is 0 Å². The maximum absolute atomic E-state index is 13.2. The first-order valence-corrected chi connectivity index (χ1v) is 8.72. The van der Waals surface area contributed by atoms with E-state index < -0.39 is 0 Å². The highest BCUT2D eigenvalue weighted by atomic mass is 16.2. The first-order chi connectivity index (χ1) is 11.7. The molecule has 0 saturated heterocycles. The van der Waals surface area contributed by atoms with Crippen LogP contribution in [0.3, 0.4) is 0 Å². The maximum atomic E-state index is 13.2. The van der Waals surface area contributed by atoms with Crippen LogP contribution in [0, 0.1) is 0 Å². The molecule has 0 saturated carbocycles. The molecule has 3 rings (SSSR count). The number of amides is 1. The number of aryl methyl sites for hydroxylation is 1. The number of hydrogen-bond acceptors (Lipinski definition) is 3. The van der Waals surface area contributed by atoms with E-state index in [1.54, 1.807) is 0 Å². The number of carbonyl (C=O) groups is 1. The van der Waals surface area contributed by atoms with Gasteiger partial charge >= 0.3 is 0 Å². The smallest absolute Gasteiger partial charge is 0.244 e. The lowest BCUT2D eigenvalue weighted by molar-refractivity contribution is -0.137. The van der Waals surface area contributed by atoms with Gasteiger partial charge in [-0.1, -0.05) is 30.3 Å². The van der Waals surface area contributed by atoms with Crippen LogP contribution in [0.15, 0.2) is 36.7 Å². The van der Waals surface area contributed by atoms with Gasteiger partial charge in [-0.2, -0.15) is 0 Å². The Labute approximate surface area is 143 Å². The van der Waals surface area contributed by atoms with E-state index in [1.165, 1.54) is 5.69 Å². The molecule has 5 nitrogen and oxygen atoms in total. The summed E-state index contributed by atoms with van der Waals surface area (Å²) in [6.45, 7) is 7.15. The average Bonchev–Trinajstić information content (AvgIpc) is 2.98. The van der Waals surface area contributed by atoms with Gasteiger partial charge in [0.25, 0.3) is 0 Å². The lowest BCUT2D eigenvalue weighted by atomic mass is 10.0. The summed E-state index contributed by atoms with van der Waals surface area (Å²) in [6, 6.07) is 9.89. The number of rotatable bonds is 5. The summed E-state index contributed by atoms with van der Waals surface area (Å²) in [5, 5.41) is 0. The van der Waals surface area contributed by atoms with Gasteiger partial charge in [-0.3, -0.25) is 9.69 Å². The molecule has 5 heteroatoms. The van der Waals surface area contributed by atoms with Gasteiger partial charge in [0.15, 0.2) is 0 Å². The lowest BCUT2D eigenvalue weighted by Crippen LogP contribution is -2.45. The second-order valence-electron chi connectivity index (χ2n) is 6.29. The predicted molar refractivity (Wildman–Crippen MR) is 94.4 cm³/mol. The molecule has 0 N–H and O–H groups in total. The van der Waals surface area contributed by atoms with Crippen molar-refractivity contribution in [3.05, 3.63) is 53.6 Å². The third kappa shape index (κ3) is 3.08.